The largest absolute Gasteiger partial charge is 0.375 e. The number of ether oxygens (including phenoxy) is 1. The van der Waals surface area contributed by atoms with Crippen molar-refractivity contribution in [1.82, 2.24) is 5.32 Å². The predicted octanol–water partition coefficient (Wildman–Crippen LogP) is 1.72. The van der Waals surface area contributed by atoms with Crippen LogP contribution < -0.4 is 5.32 Å². The van der Waals surface area contributed by atoms with Crippen molar-refractivity contribution < 1.29 is 9.53 Å². The van der Waals surface area contributed by atoms with Crippen molar-refractivity contribution in [3.8, 4) is 0 Å². The Balaban J connectivity index is 2.11. The molecule has 1 saturated carbocycles. The molecule has 1 fully saturated rings. The van der Waals surface area contributed by atoms with Crippen molar-refractivity contribution in [2.24, 2.45) is 5.41 Å². The van der Waals surface area contributed by atoms with Gasteiger partial charge in [-0.1, -0.05) is 19.8 Å². The molecule has 14 heavy (non-hydrogen) atoms. The predicted molar refractivity (Wildman–Crippen MR) is 56.1 cm³/mol. The molecule has 0 aliphatic heterocycles. The quantitative estimate of drug-likeness (QED) is 0.732. The van der Waals surface area contributed by atoms with Gasteiger partial charge in [-0.25, -0.2) is 0 Å². The lowest BCUT2D eigenvalue weighted by atomic mass is 9.85. The van der Waals surface area contributed by atoms with Crippen LogP contribution >= 0.6 is 0 Å². The van der Waals surface area contributed by atoms with E-state index in [1.54, 1.807) is 0 Å². The molecular formula is C11H21NO2. The van der Waals surface area contributed by atoms with Gasteiger partial charge in [0.2, 0.25) is 5.91 Å². The molecule has 0 heterocycles. The molecule has 1 aliphatic rings. The van der Waals surface area contributed by atoms with E-state index in [4.69, 9.17) is 4.74 Å². The van der Waals surface area contributed by atoms with Crippen LogP contribution in [-0.2, 0) is 9.53 Å². The normalized spacial score (nSPS) is 19.6. The van der Waals surface area contributed by atoms with Crippen molar-refractivity contribution in [1.29, 1.82) is 0 Å². The summed E-state index contributed by atoms with van der Waals surface area (Å²) in [7, 11) is 1.54. The second kappa shape index (κ2) is 5.35. The molecule has 0 aromatic heterocycles. The highest BCUT2D eigenvalue weighted by Crippen LogP contribution is 2.39. The van der Waals surface area contributed by atoms with Gasteiger partial charge in [-0.3, -0.25) is 4.79 Å². The van der Waals surface area contributed by atoms with E-state index in [-0.39, 0.29) is 12.5 Å². The third kappa shape index (κ3) is 3.66. The minimum absolute atomic E-state index is 0.00547. The Labute approximate surface area is 86.2 Å². The van der Waals surface area contributed by atoms with Gasteiger partial charge in [0.25, 0.3) is 0 Å². The van der Waals surface area contributed by atoms with E-state index < -0.39 is 0 Å². The van der Waals surface area contributed by atoms with E-state index >= 15 is 0 Å². The third-order valence-corrected chi connectivity index (χ3v) is 3.14. The fourth-order valence-corrected chi connectivity index (χ4v) is 2.16. The Hall–Kier alpha value is -0.570. The summed E-state index contributed by atoms with van der Waals surface area (Å²) in [6.07, 6.45) is 6.42. The lowest BCUT2D eigenvalue weighted by Gasteiger charge is -2.23. The Kier molecular flexibility index (Phi) is 4.39. The number of carbonyl (C=O) groups is 1. The van der Waals surface area contributed by atoms with E-state index in [2.05, 4.69) is 12.2 Å². The Morgan fingerprint density at radius 3 is 2.64 bits per heavy atom. The standard InChI is InChI=1S/C11H21NO2/c1-11(5-3-4-6-11)7-8-12-10(13)9-14-2/h3-9H2,1-2H3,(H,12,13). The number of methoxy groups -OCH3 is 1. The minimum atomic E-state index is -0.00547. The fourth-order valence-electron chi connectivity index (χ4n) is 2.16. The second-order valence-electron chi connectivity index (χ2n) is 4.55. The summed E-state index contributed by atoms with van der Waals surface area (Å²) in [4.78, 5) is 11.1. The average molecular weight is 199 g/mol. The molecule has 82 valence electrons. The minimum Gasteiger partial charge on any atom is -0.375 e. The van der Waals surface area contributed by atoms with Crippen LogP contribution in [0.1, 0.15) is 39.0 Å². The molecule has 0 aromatic carbocycles. The SMILES string of the molecule is COCC(=O)NCCC1(C)CCCC1. The monoisotopic (exact) mass is 199 g/mol. The molecule has 1 N–H and O–H groups in total. The molecule has 0 aromatic rings. The summed E-state index contributed by atoms with van der Waals surface area (Å²) in [5.74, 6) is -0.00547. The van der Waals surface area contributed by atoms with Crippen LogP contribution in [0.2, 0.25) is 0 Å². The van der Waals surface area contributed by atoms with Crippen molar-refractivity contribution in [2.75, 3.05) is 20.3 Å². The van der Waals surface area contributed by atoms with Gasteiger partial charge in [-0.15, -0.1) is 0 Å². The summed E-state index contributed by atoms with van der Waals surface area (Å²) < 4.78 is 4.74. The topological polar surface area (TPSA) is 38.3 Å². The van der Waals surface area contributed by atoms with E-state index in [1.165, 1.54) is 32.8 Å². The van der Waals surface area contributed by atoms with Gasteiger partial charge >= 0.3 is 0 Å². The molecule has 0 saturated heterocycles. The van der Waals surface area contributed by atoms with E-state index in [9.17, 15) is 4.79 Å². The molecule has 3 heteroatoms. The van der Waals surface area contributed by atoms with Crippen molar-refractivity contribution in [2.45, 2.75) is 39.0 Å². The first kappa shape index (κ1) is 11.5. The molecule has 0 spiro atoms. The highest BCUT2D eigenvalue weighted by molar-refractivity contribution is 5.77. The lowest BCUT2D eigenvalue weighted by Crippen LogP contribution is -2.30. The third-order valence-electron chi connectivity index (χ3n) is 3.14. The molecule has 0 radical (unpaired) electrons. The molecule has 1 amide bonds. The molecule has 1 rings (SSSR count). The van der Waals surface area contributed by atoms with Gasteiger partial charge in [0.05, 0.1) is 0 Å². The fraction of sp³-hybridized carbons (Fsp3) is 0.909. The first-order valence-corrected chi connectivity index (χ1v) is 5.42. The summed E-state index contributed by atoms with van der Waals surface area (Å²) in [5, 5.41) is 2.87. The van der Waals surface area contributed by atoms with Gasteiger partial charge in [0.1, 0.15) is 6.61 Å². The number of rotatable bonds is 5. The van der Waals surface area contributed by atoms with Crippen molar-refractivity contribution in [3.05, 3.63) is 0 Å². The van der Waals surface area contributed by atoms with Gasteiger partial charge in [-0.2, -0.15) is 0 Å². The Morgan fingerprint density at radius 2 is 2.07 bits per heavy atom. The van der Waals surface area contributed by atoms with E-state index in [0.29, 0.717) is 5.41 Å². The second-order valence-corrected chi connectivity index (χ2v) is 4.55. The Bertz CT molecular complexity index is 186. The zero-order valence-electron chi connectivity index (χ0n) is 9.27. The van der Waals surface area contributed by atoms with E-state index in [1.807, 2.05) is 0 Å². The van der Waals surface area contributed by atoms with Gasteiger partial charge in [-0.05, 0) is 24.7 Å². The molecule has 0 unspecified atom stereocenters. The zero-order chi connectivity index (χ0) is 10.4. The van der Waals surface area contributed by atoms with Crippen LogP contribution in [0, 0.1) is 5.41 Å². The average Bonchev–Trinajstić information content (AvgIpc) is 2.53. The summed E-state index contributed by atoms with van der Waals surface area (Å²) >= 11 is 0. The lowest BCUT2D eigenvalue weighted by molar-refractivity contribution is -0.124. The smallest absolute Gasteiger partial charge is 0.245 e. The highest BCUT2D eigenvalue weighted by atomic mass is 16.5. The summed E-state index contributed by atoms with van der Waals surface area (Å²) in [6, 6.07) is 0. The summed E-state index contributed by atoms with van der Waals surface area (Å²) in [5.41, 5.74) is 0.473. The van der Waals surface area contributed by atoms with Gasteiger partial charge in [0.15, 0.2) is 0 Å². The maximum Gasteiger partial charge on any atom is 0.245 e. The van der Waals surface area contributed by atoms with Crippen LogP contribution in [0.3, 0.4) is 0 Å². The number of hydrogen-bond donors (Lipinski definition) is 1. The van der Waals surface area contributed by atoms with Crippen molar-refractivity contribution >= 4 is 5.91 Å². The zero-order valence-corrected chi connectivity index (χ0v) is 9.27. The van der Waals surface area contributed by atoms with Crippen LogP contribution in [0.5, 0.6) is 0 Å². The molecule has 3 nitrogen and oxygen atoms in total. The molecule has 0 bridgehead atoms. The maximum atomic E-state index is 11.1. The maximum absolute atomic E-state index is 11.1. The molecule has 0 atom stereocenters. The van der Waals surface area contributed by atoms with E-state index in [0.717, 1.165) is 13.0 Å². The number of carbonyl (C=O) groups excluding carboxylic acids is 1. The molecular weight excluding hydrogens is 178 g/mol. The van der Waals surface area contributed by atoms with Crippen LogP contribution in [0.4, 0.5) is 0 Å². The van der Waals surface area contributed by atoms with Gasteiger partial charge < -0.3 is 10.1 Å². The molecule has 1 aliphatic carbocycles. The van der Waals surface area contributed by atoms with Crippen LogP contribution in [-0.4, -0.2) is 26.2 Å². The van der Waals surface area contributed by atoms with Crippen LogP contribution in [0.25, 0.3) is 0 Å². The number of nitrogens with one attached hydrogen (secondary N) is 1. The van der Waals surface area contributed by atoms with Crippen LogP contribution in [0.15, 0.2) is 0 Å². The first-order chi connectivity index (χ1) is 6.66. The number of amides is 1. The van der Waals surface area contributed by atoms with Gasteiger partial charge in [0, 0.05) is 13.7 Å². The summed E-state index contributed by atoms with van der Waals surface area (Å²) in [6.45, 7) is 3.29. The highest BCUT2D eigenvalue weighted by Gasteiger charge is 2.27. The van der Waals surface area contributed by atoms with Crippen molar-refractivity contribution in [3.63, 3.8) is 0 Å². The Morgan fingerprint density at radius 1 is 1.43 bits per heavy atom. The first-order valence-electron chi connectivity index (χ1n) is 5.42. The number of hydrogen-bond acceptors (Lipinski definition) is 2.